The maximum absolute atomic E-state index is 11.4. The fraction of sp³-hybridized carbons (Fsp3) is 0.500. The highest BCUT2D eigenvalue weighted by Gasteiger charge is 2.22. The molecule has 0 atom stereocenters. The minimum atomic E-state index is -4.23. The van der Waals surface area contributed by atoms with E-state index in [2.05, 4.69) is 0 Å². The summed E-state index contributed by atoms with van der Waals surface area (Å²) in [7, 11) is -4.23. The smallest absolute Gasteiger partial charge is 0.298 e. The molecule has 0 aromatic heterocycles. The van der Waals surface area contributed by atoms with Crippen LogP contribution in [-0.2, 0) is 21.6 Å². The topological polar surface area (TPSA) is 63.6 Å². The van der Waals surface area contributed by atoms with Crippen molar-refractivity contribution in [2.24, 2.45) is 0 Å². The molecule has 0 saturated heterocycles. The second-order valence-electron chi connectivity index (χ2n) is 4.24. The van der Waals surface area contributed by atoms with Crippen molar-refractivity contribution in [1.29, 1.82) is 0 Å². The lowest BCUT2D eigenvalue weighted by atomic mass is 10.1. The van der Waals surface area contributed by atoms with Gasteiger partial charge in [-0.3, -0.25) is 4.55 Å². The second-order valence-corrected chi connectivity index (χ2v) is 6.61. The van der Waals surface area contributed by atoms with Gasteiger partial charge in [-0.1, -0.05) is 13.3 Å². The van der Waals surface area contributed by atoms with E-state index in [1.807, 2.05) is 6.92 Å². The van der Waals surface area contributed by atoms with Crippen LogP contribution < -0.4 is 4.74 Å². The van der Waals surface area contributed by atoms with Crippen LogP contribution in [0, 0.1) is 0 Å². The highest BCUT2D eigenvalue weighted by Crippen LogP contribution is 2.36. The summed E-state index contributed by atoms with van der Waals surface area (Å²) in [6.45, 7) is 2.50. The van der Waals surface area contributed by atoms with Crippen LogP contribution in [0.2, 0.25) is 0 Å². The Morgan fingerprint density at radius 3 is 2.61 bits per heavy atom. The number of hydrogen-bond donors (Lipinski definition) is 1. The lowest BCUT2D eigenvalue weighted by Gasteiger charge is -2.11. The fourth-order valence-electron chi connectivity index (χ4n) is 1.82. The van der Waals surface area contributed by atoms with Crippen LogP contribution in [0.5, 0.6) is 5.75 Å². The van der Waals surface area contributed by atoms with Crippen molar-refractivity contribution in [1.82, 2.24) is 0 Å². The highest BCUT2D eigenvalue weighted by molar-refractivity contribution is 7.98. The molecule has 18 heavy (non-hydrogen) atoms. The summed E-state index contributed by atoms with van der Waals surface area (Å²) in [5.74, 6) is 1.92. The molecular weight excluding hydrogens is 272 g/mol. The van der Waals surface area contributed by atoms with Crippen LogP contribution in [0.15, 0.2) is 17.0 Å². The van der Waals surface area contributed by atoms with E-state index in [0.29, 0.717) is 6.61 Å². The molecule has 4 nitrogen and oxygen atoms in total. The van der Waals surface area contributed by atoms with Gasteiger partial charge in [-0.15, -0.1) is 0 Å². The Hall–Kier alpha value is -0.720. The average molecular weight is 288 g/mol. The molecule has 0 spiro atoms. The summed E-state index contributed by atoms with van der Waals surface area (Å²) in [6.07, 6.45) is 1.83. The Labute approximate surface area is 111 Å². The van der Waals surface area contributed by atoms with Gasteiger partial charge in [0, 0.05) is 11.5 Å². The average Bonchev–Trinajstić information content (AvgIpc) is 2.74. The van der Waals surface area contributed by atoms with E-state index >= 15 is 0 Å². The largest absolute Gasteiger partial charge is 0.492 e. The van der Waals surface area contributed by atoms with Gasteiger partial charge in [-0.25, -0.2) is 0 Å². The first-order chi connectivity index (χ1) is 8.52. The number of rotatable bonds is 5. The van der Waals surface area contributed by atoms with Gasteiger partial charge >= 0.3 is 0 Å². The van der Waals surface area contributed by atoms with Crippen molar-refractivity contribution in [2.45, 2.75) is 36.2 Å². The maximum atomic E-state index is 11.4. The van der Waals surface area contributed by atoms with Crippen molar-refractivity contribution in [3.05, 3.63) is 23.3 Å². The van der Waals surface area contributed by atoms with Crippen molar-refractivity contribution >= 4 is 21.9 Å². The molecule has 2 rings (SSSR count). The highest BCUT2D eigenvalue weighted by atomic mass is 32.2. The molecule has 1 aromatic carbocycles. The third-order valence-corrected chi connectivity index (χ3v) is 4.72. The van der Waals surface area contributed by atoms with Gasteiger partial charge in [0.15, 0.2) is 0 Å². The van der Waals surface area contributed by atoms with E-state index in [0.717, 1.165) is 35.5 Å². The minimum Gasteiger partial charge on any atom is -0.492 e. The monoisotopic (exact) mass is 288 g/mol. The number of benzene rings is 1. The van der Waals surface area contributed by atoms with Crippen molar-refractivity contribution < 1.29 is 17.7 Å². The van der Waals surface area contributed by atoms with Crippen LogP contribution in [0.1, 0.15) is 30.9 Å². The molecule has 0 unspecified atom stereocenters. The van der Waals surface area contributed by atoms with Crippen molar-refractivity contribution in [3.63, 3.8) is 0 Å². The van der Waals surface area contributed by atoms with Crippen LogP contribution in [0.25, 0.3) is 0 Å². The summed E-state index contributed by atoms with van der Waals surface area (Å²) >= 11 is 1.73. The lowest BCUT2D eigenvalue weighted by molar-refractivity contribution is 0.300. The van der Waals surface area contributed by atoms with Gasteiger partial charge in [0.25, 0.3) is 10.1 Å². The molecule has 6 heteroatoms. The zero-order chi connectivity index (χ0) is 13.2. The Bertz CT molecular complexity index is 537. The number of unbranched alkanes of at least 4 members (excludes halogenated alkanes) is 1. The molecular formula is C12H16O4S2. The lowest BCUT2D eigenvalue weighted by Crippen LogP contribution is -2.06. The molecule has 0 fully saturated rings. The van der Waals surface area contributed by atoms with Crippen molar-refractivity contribution in [3.8, 4) is 5.75 Å². The van der Waals surface area contributed by atoms with Gasteiger partial charge < -0.3 is 4.74 Å². The molecule has 0 radical (unpaired) electrons. The zero-order valence-corrected chi connectivity index (χ0v) is 11.8. The van der Waals surface area contributed by atoms with Crippen LogP contribution >= 0.6 is 11.8 Å². The summed E-state index contributed by atoms with van der Waals surface area (Å²) < 4.78 is 37.4. The SMILES string of the molecule is CCCCOc1cc2c(cc1S(=O)(=O)O)CSC2. The van der Waals surface area contributed by atoms with Crippen LogP contribution in [0.4, 0.5) is 0 Å². The molecule has 0 bridgehead atoms. The van der Waals surface area contributed by atoms with Gasteiger partial charge in [0.05, 0.1) is 6.61 Å². The zero-order valence-electron chi connectivity index (χ0n) is 10.2. The van der Waals surface area contributed by atoms with Gasteiger partial charge in [-0.05, 0) is 29.7 Å². The number of thioether (sulfide) groups is 1. The predicted molar refractivity (Wildman–Crippen MR) is 71.7 cm³/mol. The van der Waals surface area contributed by atoms with E-state index in [1.54, 1.807) is 17.8 Å². The molecule has 0 saturated carbocycles. The Balaban J connectivity index is 2.36. The number of hydrogen-bond acceptors (Lipinski definition) is 4. The molecule has 1 aliphatic heterocycles. The second kappa shape index (κ2) is 5.50. The molecule has 1 aromatic rings. The minimum absolute atomic E-state index is 0.111. The normalized spacial score (nSPS) is 14.6. The summed E-state index contributed by atoms with van der Waals surface area (Å²) in [5, 5.41) is 0. The molecule has 100 valence electrons. The van der Waals surface area contributed by atoms with E-state index in [4.69, 9.17) is 4.74 Å². The van der Waals surface area contributed by atoms with Crippen molar-refractivity contribution in [2.75, 3.05) is 6.61 Å². The fourth-order valence-corrected chi connectivity index (χ4v) is 3.57. The van der Waals surface area contributed by atoms with E-state index in [1.165, 1.54) is 6.07 Å². The Morgan fingerprint density at radius 2 is 2.00 bits per heavy atom. The molecule has 0 amide bonds. The van der Waals surface area contributed by atoms with E-state index in [-0.39, 0.29) is 10.6 Å². The van der Waals surface area contributed by atoms with Crippen LogP contribution in [0.3, 0.4) is 0 Å². The van der Waals surface area contributed by atoms with Gasteiger partial charge in [0.2, 0.25) is 0 Å². The first kappa shape index (κ1) is 13.7. The first-order valence-corrected chi connectivity index (χ1v) is 8.45. The number of fused-ring (bicyclic) bond motifs is 1. The predicted octanol–water partition coefficient (Wildman–Crippen LogP) is 2.86. The van der Waals surface area contributed by atoms with E-state index in [9.17, 15) is 13.0 Å². The third kappa shape index (κ3) is 2.99. The molecule has 0 aliphatic carbocycles. The first-order valence-electron chi connectivity index (χ1n) is 5.86. The van der Waals surface area contributed by atoms with E-state index < -0.39 is 10.1 Å². The third-order valence-electron chi connectivity index (χ3n) is 2.81. The van der Waals surface area contributed by atoms with Gasteiger partial charge in [0.1, 0.15) is 10.6 Å². The maximum Gasteiger partial charge on any atom is 0.298 e. The summed E-state index contributed by atoms with van der Waals surface area (Å²) in [6, 6.07) is 3.28. The van der Waals surface area contributed by atoms with Gasteiger partial charge in [-0.2, -0.15) is 20.2 Å². The summed E-state index contributed by atoms with van der Waals surface area (Å²) in [5.41, 5.74) is 2.06. The molecule has 1 N–H and O–H groups in total. The quantitative estimate of drug-likeness (QED) is 0.666. The molecule has 1 heterocycles. The Kier molecular flexibility index (Phi) is 4.19. The van der Waals surface area contributed by atoms with Crippen LogP contribution in [-0.4, -0.2) is 19.6 Å². The standard InChI is InChI=1S/C12H16O4S2/c1-2-3-4-16-11-5-9-7-17-8-10(9)6-12(11)18(13,14)15/h5-6H,2-4,7-8H2,1H3,(H,13,14,15). The summed E-state index contributed by atoms with van der Waals surface area (Å²) in [4.78, 5) is -0.111. The Morgan fingerprint density at radius 1 is 1.33 bits per heavy atom. The number of ether oxygens (including phenoxy) is 1. The molecule has 1 aliphatic rings.